The predicted molar refractivity (Wildman–Crippen MR) is 91.4 cm³/mol. The Hall–Kier alpha value is -3.48. The molecule has 126 valence electrons. The van der Waals surface area contributed by atoms with Crippen molar-refractivity contribution in [2.45, 2.75) is 6.92 Å². The molecule has 7 heteroatoms. The van der Waals surface area contributed by atoms with Gasteiger partial charge in [-0.3, -0.25) is 10.1 Å². The van der Waals surface area contributed by atoms with E-state index in [0.717, 1.165) is 5.56 Å². The van der Waals surface area contributed by atoms with E-state index in [-0.39, 0.29) is 17.3 Å². The van der Waals surface area contributed by atoms with Crippen molar-refractivity contribution >= 4 is 23.6 Å². The fourth-order valence-electron chi connectivity index (χ4n) is 2.36. The van der Waals surface area contributed by atoms with Crippen LogP contribution in [0.4, 0.5) is 5.69 Å². The number of carbonyl (C=O) groups is 1. The van der Waals surface area contributed by atoms with Gasteiger partial charge in [0.15, 0.2) is 5.70 Å². The Morgan fingerprint density at radius 3 is 2.76 bits per heavy atom. The molecule has 7 nitrogen and oxygen atoms in total. The number of methoxy groups -OCH3 is 1. The molecule has 0 aromatic heterocycles. The van der Waals surface area contributed by atoms with E-state index in [0.29, 0.717) is 16.9 Å². The molecule has 0 atom stereocenters. The Morgan fingerprint density at radius 1 is 1.24 bits per heavy atom. The highest BCUT2D eigenvalue weighted by Crippen LogP contribution is 2.24. The third kappa shape index (κ3) is 3.40. The monoisotopic (exact) mass is 338 g/mol. The fourth-order valence-corrected chi connectivity index (χ4v) is 2.36. The van der Waals surface area contributed by atoms with E-state index in [1.165, 1.54) is 6.07 Å². The van der Waals surface area contributed by atoms with E-state index in [4.69, 9.17) is 9.47 Å². The molecule has 0 bridgehead atoms. The Labute approximate surface area is 143 Å². The number of nitrogens with zero attached hydrogens (tertiary/aromatic N) is 2. The predicted octanol–water partition coefficient (Wildman–Crippen LogP) is 3.26. The number of nitro groups is 1. The van der Waals surface area contributed by atoms with Crippen LogP contribution in [0.15, 0.2) is 53.2 Å². The summed E-state index contributed by atoms with van der Waals surface area (Å²) < 4.78 is 10.3. The molecule has 0 N–H and O–H groups in total. The first-order valence-electron chi connectivity index (χ1n) is 7.40. The van der Waals surface area contributed by atoms with Crippen LogP contribution >= 0.6 is 0 Å². The number of cyclic esters (lactones) is 1. The SMILES string of the molecule is COc1cccc(C=C2N=C(c3ccc(C)c([N+](=O)[O-])c3)OC2=O)c1. The Bertz CT molecular complexity index is 931. The van der Waals surface area contributed by atoms with Crippen molar-refractivity contribution < 1.29 is 19.2 Å². The van der Waals surface area contributed by atoms with Gasteiger partial charge in [-0.05, 0) is 36.8 Å². The number of benzene rings is 2. The van der Waals surface area contributed by atoms with Crippen LogP contribution < -0.4 is 4.74 Å². The smallest absolute Gasteiger partial charge is 0.363 e. The summed E-state index contributed by atoms with van der Waals surface area (Å²) in [5, 5.41) is 11.1. The van der Waals surface area contributed by atoms with Crippen molar-refractivity contribution in [1.29, 1.82) is 0 Å². The highest BCUT2D eigenvalue weighted by Gasteiger charge is 2.25. The highest BCUT2D eigenvalue weighted by atomic mass is 16.6. The van der Waals surface area contributed by atoms with Gasteiger partial charge in [0, 0.05) is 17.2 Å². The molecule has 25 heavy (non-hydrogen) atoms. The maximum Gasteiger partial charge on any atom is 0.363 e. The maximum atomic E-state index is 12.0. The van der Waals surface area contributed by atoms with Gasteiger partial charge >= 0.3 is 5.97 Å². The van der Waals surface area contributed by atoms with Crippen molar-refractivity contribution in [1.82, 2.24) is 0 Å². The summed E-state index contributed by atoms with van der Waals surface area (Å²) in [4.78, 5) is 26.8. The van der Waals surface area contributed by atoms with E-state index in [1.807, 2.05) is 0 Å². The summed E-state index contributed by atoms with van der Waals surface area (Å²) in [6.45, 7) is 1.64. The van der Waals surface area contributed by atoms with Crippen molar-refractivity contribution in [3.05, 3.63) is 75.0 Å². The molecule has 0 fully saturated rings. The van der Waals surface area contributed by atoms with E-state index >= 15 is 0 Å². The van der Waals surface area contributed by atoms with Crippen LogP contribution in [0, 0.1) is 17.0 Å². The molecule has 2 aromatic carbocycles. The number of carbonyl (C=O) groups excluding carboxylic acids is 1. The number of esters is 1. The summed E-state index contributed by atoms with van der Waals surface area (Å²) in [5.41, 5.74) is 1.68. The third-order valence-corrected chi connectivity index (χ3v) is 3.67. The molecule has 0 aliphatic carbocycles. The first-order chi connectivity index (χ1) is 12.0. The molecule has 0 spiro atoms. The molecule has 0 amide bonds. The lowest BCUT2D eigenvalue weighted by atomic mass is 10.1. The summed E-state index contributed by atoms with van der Waals surface area (Å²) in [5.74, 6) is 0.0855. The second kappa shape index (κ2) is 6.56. The number of ether oxygens (including phenoxy) is 2. The van der Waals surface area contributed by atoms with Crippen molar-refractivity contribution in [3.8, 4) is 5.75 Å². The second-order valence-electron chi connectivity index (χ2n) is 5.37. The Morgan fingerprint density at radius 2 is 2.04 bits per heavy atom. The molecule has 3 rings (SSSR count). The van der Waals surface area contributed by atoms with Crippen molar-refractivity contribution in [2.75, 3.05) is 7.11 Å². The van der Waals surface area contributed by atoms with Crippen LogP contribution in [0.5, 0.6) is 5.75 Å². The van der Waals surface area contributed by atoms with Gasteiger partial charge < -0.3 is 9.47 Å². The van der Waals surface area contributed by atoms with Gasteiger partial charge in [0.1, 0.15) is 5.75 Å². The standard InChI is InChI=1S/C18H14N2O5/c1-11-6-7-13(10-16(11)20(22)23)17-19-15(18(21)25-17)9-12-4-3-5-14(8-12)24-2/h3-10H,1-2H3. The first kappa shape index (κ1) is 16.4. The molecule has 0 saturated carbocycles. The summed E-state index contributed by atoms with van der Waals surface area (Å²) in [6.07, 6.45) is 1.57. The van der Waals surface area contributed by atoms with Crippen LogP contribution in [0.3, 0.4) is 0 Å². The van der Waals surface area contributed by atoms with Crippen molar-refractivity contribution in [2.24, 2.45) is 4.99 Å². The molecular weight excluding hydrogens is 324 g/mol. The lowest BCUT2D eigenvalue weighted by Gasteiger charge is -2.01. The van der Waals surface area contributed by atoms with E-state index < -0.39 is 10.9 Å². The van der Waals surface area contributed by atoms with E-state index in [1.54, 1.807) is 56.5 Å². The number of rotatable bonds is 4. The topological polar surface area (TPSA) is 91.0 Å². The molecule has 1 heterocycles. The summed E-state index contributed by atoms with van der Waals surface area (Å²) in [7, 11) is 1.55. The van der Waals surface area contributed by atoms with Gasteiger partial charge in [-0.25, -0.2) is 9.79 Å². The van der Waals surface area contributed by atoms with Gasteiger partial charge in [0.25, 0.3) is 5.69 Å². The van der Waals surface area contributed by atoms with Crippen LogP contribution in [-0.2, 0) is 9.53 Å². The lowest BCUT2D eigenvalue weighted by Crippen LogP contribution is -2.06. The minimum atomic E-state index is -0.610. The average Bonchev–Trinajstić information content (AvgIpc) is 2.96. The number of hydrogen-bond acceptors (Lipinski definition) is 6. The third-order valence-electron chi connectivity index (χ3n) is 3.67. The van der Waals surface area contributed by atoms with Crippen LogP contribution in [-0.4, -0.2) is 23.9 Å². The van der Waals surface area contributed by atoms with Gasteiger partial charge in [0.05, 0.1) is 12.0 Å². The molecule has 0 unspecified atom stereocenters. The van der Waals surface area contributed by atoms with Gasteiger partial charge in [0.2, 0.25) is 5.90 Å². The number of aliphatic imine (C=N–C) groups is 1. The largest absolute Gasteiger partial charge is 0.497 e. The van der Waals surface area contributed by atoms with E-state index in [9.17, 15) is 14.9 Å². The molecule has 0 saturated heterocycles. The van der Waals surface area contributed by atoms with Crippen molar-refractivity contribution in [3.63, 3.8) is 0 Å². The highest BCUT2D eigenvalue weighted by molar-refractivity contribution is 6.13. The second-order valence-corrected chi connectivity index (χ2v) is 5.37. The van der Waals surface area contributed by atoms with Crippen LogP contribution in [0.2, 0.25) is 0 Å². The van der Waals surface area contributed by atoms with Gasteiger partial charge in [-0.15, -0.1) is 0 Å². The zero-order valence-electron chi connectivity index (χ0n) is 13.6. The average molecular weight is 338 g/mol. The maximum absolute atomic E-state index is 12.0. The number of nitro benzene ring substituents is 1. The zero-order chi connectivity index (χ0) is 18.0. The Kier molecular flexibility index (Phi) is 4.30. The quantitative estimate of drug-likeness (QED) is 0.369. The van der Waals surface area contributed by atoms with Gasteiger partial charge in [-0.1, -0.05) is 18.2 Å². The first-order valence-corrected chi connectivity index (χ1v) is 7.40. The van der Waals surface area contributed by atoms with E-state index in [2.05, 4.69) is 4.99 Å². The molecule has 0 radical (unpaired) electrons. The number of hydrogen-bond donors (Lipinski definition) is 0. The molecular formula is C18H14N2O5. The lowest BCUT2D eigenvalue weighted by molar-refractivity contribution is -0.385. The van der Waals surface area contributed by atoms with Crippen LogP contribution in [0.25, 0.3) is 6.08 Å². The van der Waals surface area contributed by atoms with Crippen LogP contribution in [0.1, 0.15) is 16.7 Å². The fraction of sp³-hybridized carbons (Fsp3) is 0.111. The molecule has 1 aliphatic heterocycles. The Balaban J connectivity index is 1.96. The molecule has 1 aliphatic rings. The summed E-state index contributed by atoms with van der Waals surface area (Å²) >= 11 is 0. The summed E-state index contributed by atoms with van der Waals surface area (Å²) in [6, 6.07) is 11.7. The normalized spacial score (nSPS) is 15.0. The molecule has 2 aromatic rings. The van der Waals surface area contributed by atoms with Gasteiger partial charge in [-0.2, -0.15) is 0 Å². The minimum Gasteiger partial charge on any atom is -0.497 e. The minimum absolute atomic E-state index is 0.0437. The number of aryl methyl sites for hydroxylation is 1. The zero-order valence-corrected chi connectivity index (χ0v) is 13.6.